The van der Waals surface area contributed by atoms with Crippen LogP contribution in [-0.2, 0) is 6.61 Å². The summed E-state index contributed by atoms with van der Waals surface area (Å²) in [5.74, 6) is 0.628. The van der Waals surface area contributed by atoms with Crippen LogP contribution >= 0.6 is 34.3 Å². The fraction of sp³-hybridized carbons (Fsp3) is 0.0769. The van der Waals surface area contributed by atoms with Crippen LogP contribution in [0.3, 0.4) is 0 Å². The summed E-state index contributed by atoms with van der Waals surface area (Å²) in [6, 6.07) is 5.55. The molecule has 0 unspecified atom stereocenters. The first-order chi connectivity index (χ1) is 9.81. The van der Waals surface area contributed by atoms with E-state index in [4.69, 9.17) is 16.3 Å². The van der Waals surface area contributed by atoms with Gasteiger partial charge in [-0.05, 0) is 12.1 Å². The fourth-order valence-electron chi connectivity index (χ4n) is 1.56. The van der Waals surface area contributed by atoms with Gasteiger partial charge in [0.1, 0.15) is 17.4 Å². The van der Waals surface area contributed by atoms with E-state index in [0.717, 1.165) is 15.8 Å². The number of anilines is 2. The van der Waals surface area contributed by atoms with Gasteiger partial charge in [0, 0.05) is 34.9 Å². The molecule has 0 fully saturated rings. The lowest BCUT2D eigenvalue weighted by Gasteiger charge is -2.09. The molecule has 0 aliphatic rings. The first kappa shape index (κ1) is 13.4. The van der Waals surface area contributed by atoms with Gasteiger partial charge in [-0.1, -0.05) is 11.6 Å². The average Bonchev–Trinajstić information content (AvgIpc) is 3.12. The number of nitrogens with zero attached hydrogens (tertiary/aromatic N) is 2. The molecule has 102 valence electrons. The van der Waals surface area contributed by atoms with Crippen molar-refractivity contribution < 1.29 is 4.74 Å². The predicted octanol–water partition coefficient (Wildman–Crippen LogP) is 4.58. The van der Waals surface area contributed by atoms with E-state index in [1.54, 1.807) is 29.8 Å². The Balaban J connectivity index is 1.72. The summed E-state index contributed by atoms with van der Waals surface area (Å²) >= 11 is 9.22. The van der Waals surface area contributed by atoms with Crippen molar-refractivity contribution >= 4 is 45.1 Å². The van der Waals surface area contributed by atoms with E-state index < -0.39 is 0 Å². The number of rotatable bonds is 5. The zero-order valence-electron chi connectivity index (χ0n) is 10.2. The van der Waals surface area contributed by atoms with Gasteiger partial charge in [-0.15, -0.1) is 22.7 Å². The van der Waals surface area contributed by atoms with Crippen LogP contribution in [0.15, 0.2) is 41.4 Å². The minimum absolute atomic E-state index is 0.415. The molecule has 0 bridgehead atoms. The van der Waals surface area contributed by atoms with Crippen molar-refractivity contribution in [3.8, 4) is 5.75 Å². The highest BCUT2D eigenvalue weighted by Crippen LogP contribution is 2.30. The SMILES string of the molecule is Clc1ccc(Nc2nccs2)cc1OCc1nccs1. The van der Waals surface area contributed by atoms with Crippen LogP contribution < -0.4 is 10.1 Å². The molecule has 1 N–H and O–H groups in total. The molecule has 0 radical (unpaired) electrons. The molecular weight excluding hydrogens is 314 g/mol. The third-order valence-corrected chi connectivity index (χ3v) is 4.20. The second kappa shape index (κ2) is 6.21. The Bertz CT molecular complexity index is 671. The molecule has 0 amide bonds. The molecule has 3 rings (SSSR count). The lowest BCUT2D eigenvalue weighted by molar-refractivity contribution is 0.306. The number of hydrogen-bond donors (Lipinski definition) is 1. The average molecular weight is 324 g/mol. The number of thiazole rings is 2. The molecule has 7 heteroatoms. The molecular formula is C13H10ClN3OS2. The first-order valence-corrected chi connectivity index (χ1v) is 7.92. The standard InChI is InChI=1S/C13H10ClN3OS2/c14-10-2-1-9(17-13-16-4-6-20-13)7-11(10)18-8-12-15-3-5-19-12/h1-7H,8H2,(H,16,17). The van der Waals surface area contributed by atoms with Crippen molar-refractivity contribution in [1.29, 1.82) is 0 Å². The third-order valence-electron chi connectivity index (χ3n) is 2.45. The van der Waals surface area contributed by atoms with Crippen molar-refractivity contribution in [3.05, 3.63) is 51.4 Å². The second-order valence-electron chi connectivity index (χ2n) is 3.82. The Morgan fingerprint density at radius 2 is 2.00 bits per heavy atom. The Kier molecular flexibility index (Phi) is 4.15. The van der Waals surface area contributed by atoms with Crippen molar-refractivity contribution in [2.75, 3.05) is 5.32 Å². The van der Waals surface area contributed by atoms with E-state index in [-0.39, 0.29) is 0 Å². The summed E-state index contributed by atoms with van der Waals surface area (Å²) in [6.45, 7) is 0.415. The van der Waals surface area contributed by atoms with E-state index >= 15 is 0 Å². The molecule has 0 atom stereocenters. The Morgan fingerprint density at radius 3 is 2.75 bits per heavy atom. The molecule has 0 spiro atoms. The van der Waals surface area contributed by atoms with Crippen molar-refractivity contribution in [1.82, 2.24) is 9.97 Å². The van der Waals surface area contributed by atoms with Gasteiger partial charge in [0.15, 0.2) is 5.13 Å². The highest BCUT2D eigenvalue weighted by Gasteiger charge is 2.06. The smallest absolute Gasteiger partial charge is 0.187 e. The summed E-state index contributed by atoms with van der Waals surface area (Å²) in [5.41, 5.74) is 0.887. The Labute approximate surface area is 129 Å². The number of ether oxygens (including phenoxy) is 1. The van der Waals surface area contributed by atoms with Gasteiger partial charge in [-0.25, -0.2) is 9.97 Å². The van der Waals surface area contributed by atoms with Crippen LogP contribution in [-0.4, -0.2) is 9.97 Å². The molecule has 4 nitrogen and oxygen atoms in total. The van der Waals surface area contributed by atoms with Crippen LogP contribution in [0, 0.1) is 0 Å². The largest absolute Gasteiger partial charge is 0.485 e. The second-order valence-corrected chi connectivity index (χ2v) is 6.10. The molecule has 3 aromatic rings. The number of benzene rings is 1. The lowest BCUT2D eigenvalue weighted by atomic mass is 10.3. The number of aromatic nitrogens is 2. The van der Waals surface area contributed by atoms with E-state index in [9.17, 15) is 0 Å². The van der Waals surface area contributed by atoms with Crippen molar-refractivity contribution in [2.45, 2.75) is 6.61 Å². The number of nitrogens with one attached hydrogen (secondary N) is 1. The topological polar surface area (TPSA) is 47.0 Å². The van der Waals surface area contributed by atoms with Crippen molar-refractivity contribution in [3.63, 3.8) is 0 Å². The summed E-state index contributed by atoms with van der Waals surface area (Å²) in [6.07, 6.45) is 3.51. The maximum atomic E-state index is 6.14. The first-order valence-electron chi connectivity index (χ1n) is 5.78. The molecule has 0 aliphatic carbocycles. The van der Waals surface area contributed by atoms with E-state index in [1.165, 1.54) is 11.3 Å². The van der Waals surface area contributed by atoms with Crippen LogP contribution in [0.4, 0.5) is 10.8 Å². The van der Waals surface area contributed by atoms with Gasteiger partial charge in [0.05, 0.1) is 5.02 Å². The predicted molar refractivity (Wildman–Crippen MR) is 83.3 cm³/mol. The lowest BCUT2D eigenvalue weighted by Crippen LogP contribution is -1.96. The van der Waals surface area contributed by atoms with Crippen LogP contribution in [0.5, 0.6) is 5.75 Å². The van der Waals surface area contributed by atoms with E-state index in [0.29, 0.717) is 17.4 Å². The fourth-order valence-corrected chi connectivity index (χ4v) is 2.81. The normalized spacial score (nSPS) is 10.4. The number of halogens is 1. The van der Waals surface area contributed by atoms with Gasteiger partial charge < -0.3 is 10.1 Å². The maximum absolute atomic E-state index is 6.14. The van der Waals surface area contributed by atoms with Gasteiger partial charge in [-0.2, -0.15) is 0 Å². The summed E-state index contributed by atoms with van der Waals surface area (Å²) < 4.78 is 5.70. The zero-order chi connectivity index (χ0) is 13.8. The van der Waals surface area contributed by atoms with Gasteiger partial charge in [0.25, 0.3) is 0 Å². The molecule has 2 aromatic heterocycles. The quantitative estimate of drug-likeness (QED) is 0.746. The molecule has 1 aromatic carbocycles. The highest BCUT2D eigenvalue weighted by atomic mass is 35.5. The van der Waals surface area contributed by atoms with Gasteiger partial charge in [-0.3, -0.25) is 0 Å². The molecule has 2 heterocycles. The van der Waals surface area contributed by atoms with Crippen LogP contribution in [0.2, 0.25) is 5.02 Å². The molecule has 0 aliphatic heterocycles. The van der Waals surface area contributed by atoms with E-state index in [2.05, 4.69) is 15.3 Å². The van der Waals surface area contributed by atoms with Gasteiger partial charge >= 0.3 is 0 Å². The van der Waals surface area contributed by atoms with Crippen molar-refractivity contribution in [2.24, 2.45) is 0 Å². The molecule has 0 saturated heterocycles. The van der Waals surface area contributed by atoms with Crippen LogP contribution in [0.25, 0.3) is 0 Å². The maximum Gasteiger partial charge on any atom is 0.187 e. The monoisotopic (exact) mass is 323 g/mol. The van der Waals surface area contributed by atoms with Gasteiger partial charge in [0.2, 0.25) is 0 Å². The Hall–Kier alpha value is -1.63. The van der Waals surface area contributed by atoms with Crippen LogP contribution in [0.1, 0.15) is 5.01 Å². The minimum Gasteiger partial charge on any atom is -0.485 e. The molecule has 20 heavy (non-hydrogen) atoms. The summed E-state index contributed by atoms with van der Waals surface area (Å²) in [4.78, 5) is 8.35. The summed E-state index contributed by atoms with van der Waals surface area (Å²) in [7, 11) is 0. The summed E-state index contributed by atoms with van der Waals surface area (Å²) in [5, 5.41) is 9.36. The third kappa shape index (κ3) is 3.27. The molecule has 0 saturated carbocycles. The zero-order valence-corrected chi connectivity index (χ0v) is 12.6. The van der Waals surface area contributed by atoms with E-state index in [1.807, 2.05) is 22.9 Å². The minimum atomic E-state index is 0.415. The number of hydrogen-bond acceptors (Lipinski definition) is 6. The highest BCUT2D eigenvalue weighted by molar-refractivity contribution is 7.13. The Morgan fingerprint density at radius 1 is 1.15 bits per heavy atom.